The smallest absolute Gasteiger partial charge is 0.180 e. The predicted octanol–water partition coefficient (Wildman–Crippen LogP) is 6.27. The van der Waals surface area contributed by atoms with Crippen LogP contribution in [0.4, 0.5) is 4.39 Å². The first kappa shape index (κ1) is 20.9. The number of hydrogen-bond acceptors (Lipinski definition) is 3. The zero-order chi connectivity index (χ0) is 19.8. The summed E-state index contributed by atoms with van der Waals surface area (Å²) in [5.74, 6) is 0.920. The standard InChI is InChI=1S/C23H29ClFNO2/c1-2-27-22-14-18(15-26-20-7-5-3-4-6-8-20)13-21(24)23(22)28-16-17-9-11-19(25)12-10-17/h9-14,20,26H,2-8,15-16H2,1H3. The number of halogens is 2. The Morgan fingerprint density at radius 3 is 2.39 bits per heavy atom. The van der Waals surface area contributed by atoms with Crippen molar-refractivity contribution in [3.63, 3.8) is 0 Å². The van der Waals surface area contributed by atoms with E-state index in [-0.39, 0.29) is 5.82 Å². The van der Waals surface area contributed by atoms with Crippen LogP contribution in [0, 0.1) is 5.82 Å². The summed E-state index contributed by atoms with van der Waals surface area (Å²) in [6.07, 6.45) is 7.78. The summed E-state index contributed by atoms with van der Waals surface area (Å²) in [4.78, 5) is 0. The molecule has 2 aromatic carbocycles. The molecule has 28 heavy (non-hydrogen) atoms. The van der Waals surface area contributed by atoms with Crippen LogP contribution in [-0.4, -0.2) is 12.6 Å². The van der Waals surface area contributed by atoms with Crippen molar-refractivity contribution in [2.45, 2.75) is 64.6 Å². The van der Waals surface area contributed by atoms with Gasteiger partial charge in [0.05, 0.1) is 11.6 Å². The lowest BCUT2D eigenvalue weighted by Gasteiger charge is -2.18. The van der Waals surface area contributed by atoms with Crippen molar-refractivity contribution in [1.29, 1.82) is 0 Å². The van der Waals surface area contributed by atoms with E-state index in [4.69, 9.17) is 21.1 Å². The van der Waals surface area contributed by atoms with E-state index in [0.717, 1.165) is 17.7 Å². The minimum atomic E-state index is -0.262. The topological polar surface area (TPSA) is 30.5 Å². The summed E-state index contributed by atoms with van der Waals surface area (Å²) >= 11 is 6.52. The Labute approximate surface area is 172 Å². The van der Waals surface area contributed by atoms with Gasteiger partial charge in [-0.3, -0.25) is 0 Å². The first-order chi connectivity index (χ1) is 13.7. The monoisotopic (exact) mass is 405 g/mol. The first-order valence-corrected chi connectivity index (χ1v) is 10.6. The second-order valence-electron chi connectivity index (χ2n) is 7.32. The Bertz CT molecular complexity index is 743. The minimum Gasteiger partial charge on any atom is -0.490 e. The van der Waals surface area contributed by atoms with Crippen molar-refractivity contribution in [2.75, 3.05) is 6.61 Å². The number of ether oxygens (including phenoxy) is 2. The average molecular weight is 406 g/mol. The van der Waals surface area contributed by atoms with E-state index in [1.165, 1.54) is 50.7 Å². The Morgan fingerprint density at radius 2 is 1.71 bits per heavy atom. The van der Waals surface area contributed by atoms with Gasteiger partial charge in [0.2, 0.25) is 0 Å². The maximum atomic E-state index is 13.1. The fourth-order valence-corrected chi connectivity index (χ4v) is 3.90. The largest absolute Gasteiger partial charge is 0.490 e. The summed E-state index contributed by atoms with van der Waals surface area (Å²) in [6.45, 7) is 3.54. The molecule has 1 aliphatic carbocycles. The van der Waals surface area contributed by atoms with Crippen LogP contribution in [0.2, 0.25) is 5.02 Å². The van der Waals surface area contributed by atoms with Gasteiger partial charge in [0.25, 0.3) is 0 Å². The molecule has 2 aromatic rings. The summed E-state index contributed by atoms with van der Waals surface area (Å²) in [7, 11) is 0. The molecule has 1 saturated carbocycles. The molecule has 0 aromatic heterocycles. The summed E-state index contributed by atoms with van der Waals surface area (Å²) in [6, 6.07) is 10.8. The fraction of sp³-hybridized carbons (Fsp3) is 0.478. The summed E-state index contributed by atoms with van der Waals surface area (Å²) in [5.41, 5.74) is 1.96. The number of rotatable bonds is 8. The third kappa shape index (κ3) is 6.11. The predicted molar refractivity (Wildman–Crippen MR) is 112 cm³/mol. The molecule has 1 fully saturated rings. The Balaban J connectivity index is 1.67. The molecule has 0 atom stereocenters. The van der Waals surface area contributed by atoms with Gasteiger partial charge in [0, 0.05) is 12.6 Å². The highest BCUT2D eigenvalue weighted by Crippen LogP contribution is 2.37. The quantitative estimate of drug-likeness (QED) is 0.525. The van der Waals surface area contributed by atoms with Crippen LogP contribution in [0.5, 0.6) is 11.5 Å². The SMILES string of the molecule is CCOc1cc(CNC2CCCCCC2)cc(Cl)c1OCc1ccc(F)cc1. The van der Waals surface area contributed by atoms with Gasteiger partial charge in [-0.25, -0.2) is 4.39 Å². The highest BCUT2D eigenvalue weighted by molar-refractivity contribution is 6.32. The fourth-order valence-electron chi connectivity index (χ4n) is 3.61. The highest BCUT2D eigenvalue weighted by atomic mass is 35.5. The van der Waals surface area contributed by atoms with Crippen LogP contribution in [0.25, 0.3) is 0 Å². The lowest BCUT2D eigenvalue weighted by molar-refractivity contribution is 0.269. The number of hydrogen-bond donors (Lipinski definition) is 1. The van der Waals surface area contributed by atoms with Gasteiger partial charge in [0.15, 0.2) is 11.5 Å². The molecule has 0 bridgehead atoms. The lowest BCUT2D eigenvalue weighted by atomic mass is 10.1. The van der Waals surface area contributed by atoms with Crippen molar-refractivity contribution < 1.29 is 13.9 Å². The van der Waals surface area contributed by atoms with E-state index >= 15 is 0 Å². The van der Waals surface area contributed by atoms with Gasteiger partial charge in [-0.1, -0.05) is 49.4 Å². The van der Waals surface area contributed by atoms with Crippen LogP contribution >= 0.6 is 11.6 Å². The zero-order valence-corrected chi connectivity index (χ0v) is 17.2. The maximum Gasteiger partial charge on any atom is 0.180 e. The van der Waals surface area contributed by atoms with E-state index in [9.17, 15) is 4.39 Å². The zero-order valence-electron chi connectivity index (χ0n) is 16.5. The lowest BCUT2D eigenvalue weighted by Crippen LogP contribution is -2.27. The Morgan fingerprint density at radius 1 is 1.00 bits per heavy atom. The summed E-state index contributed by atoms with van der Waals surface area (Å²) in [5, 5.41) is 4.20. The van der Waals surface area contributed by atoms with Gasteiger partial charge < -0.3 is 14.8 Å². The molecule has 0 saturated heterocycles. The molecule has 0 amide bonds. The Hall–Kier alpha value is -1.78. The molecule has 3 rings (SSSR count). The molecule has 0 aliphatic heterocycles. The molecular weight excluding hydrogens is 377 g/mol. The van der Waals surface area contributed by atoms with Gasteiger partial charge in [-0.2, -0.15) is 0 Å². The first-order valence-electron chi connectivity index (χ1n) is 10.2. The van der Waals surface area contributed by atoms with Crippen LogP contribution in [0.1, 0.15) is 56.6 Å². The van der Waals surface area contributed by atoms with Gasteiger partial charge in [0.1, 0.15) is 12.4 Å². The third-order valence-corrected chi connectivity index (χ3v) is 5.40. The molecule has 152 valence electrons. The van der Waals surface area contributed by atoms with Gasteiger partial charge in [-0.05, 0) is 55.2 Å². The number of benzene rings is 2. The van der Waals surface area contributed by atoms with Crippen LogP contribution in [0.3, 0.4) is 0 Å². The van der Waals surface area contributed by atoms with Crippen LogP contribution < -0.4 is 14.8 Å². The second-order valence-corrected chi connectivity index (χ2v) is 7.73. The minimum absolute atomic E-state index is 0.262. The van der Waals surface area contributed by atoms with Crippen molar-refractivity contribution in [3.05, 3.63) is 58.4 Å². The number of nitrogens with one attached hydrogen (secondary N) is 1. The Kier molecular flexibility index (Phi) is 7.99. The van der Waals surface area contributed by atoms with Crippen LogP contribution in [-0.2, 0) is 13.2 Å². The molecule has 1 N–H and O–H groups in total. The van der Waals surface area contributed by atoms with Gasteiger partial charge in [-0.15, -0.1) is 0 Å². The molecular formula is C23H29ClFNO2. The maximum absolute atomic E-state index is 13.1. The molecule has 0 radical (unpaired) electrons. The summed E-state index contributed by atoms with van der Waals surface area (Å²) < 4.78 is 24.8. The van der Waals surface area contributed by atoms with Gasteiger partial charge >= 0.3 is 0 Å². The normalized spacial score (nSPS) is 15.2. The molecule has 5 heteroatoms. The van der Waals surface area contributed by atoms with Crippen molar-refractivity contribution >= 4 is 11.6 Å². The van der Waals surface area contributed by atoms with E-state index in [1.807, 2.05) is 19.1 Å². The molecule has 0 spiro atoms. The van der Waals surface area contributed by atoms with Crippen molar-refractivity contribution in [3.8, 4) is 11.5 Å². The molecule has 0 unspecified atom stereocenters. The van der Waals surface area contributed by atoms with E-state index in [2.05, 4.69) is 5.32 Å². The van der Waals surface area contributed by atoms with Crippen molar-refractivity contribution in [1.82, 2.24) is 5.32 Å². The molecule has 3 nitrogen and oxygen atoms in total. The van der Waals surface area contributed by atoms with E-state index in [1.54, 1.807) is 12.1 Å². The molecule has 1 aliphatic rings. The highest BCUT2D eigenvalue weighted by Gasteiger charge is 2.15. The second kappa shape index (κ2) is 10.7. The third-order valence-electron chi connectivity index (χ3n) is 5.12. The van der Waals surface area contributed by atoms with E-state index < -0.39 is 0 Å². The van der Waals surface area contributed by atoms with Crippen molar-refractivity contribution in [2.24, 2.45) is 0 Å². The molecule has 0 heterocycles. The average Bonchev–Trinajstić information content (AvgIpc) is 2.96. The van der Waals surface area contributed by atoms with Crippen LogP contribution in [0.15, 0.2) is 36.4 Å². The van der Waals surface area contributed by atoms with E-state index in [0.29, 0.717) is 35.8 Å².